The smallest absolute Gasteiger partial charge is 0.273 e. The maximum atomic E-state index is 13.6. The minimum absolute atomic E-state index is 0.132. The van der Waals surface area contributed by atoms with Gasteiger partial charge in [0.2, 0.25) is 5.91 Å². The molecule has 2 aromatic rings. The van der Waals surface area contributed by atoms with Crippen LogP contribution in [0.5, 0.6) is 0 Å². The van der Waals surface area contributed by atoms with Crippen molar-refractivity contribution in [2.45, 2.75) is 78.9 Å². The first-order chi connectivity index (χ1) is 14.4. The highest BCUT2D eigenvalue weighted by Gasteiger charge is 2.48. The number of benzene rings is 1. The quantitative estimate of drug-likeness (QED) is 0.760. The summed E-state index contributed by atoms with van der Waals surface area (Å²) in [5.41, 5.74) is 2.37. The van der Waals surface area contributed by atoms with Gasteiger partial charge in [0, 0.05) is 18.5 Å². The molecule has 31 heavy (non-hydrogen) atoms. The Kier molecular flexibility index (Phi) is 6.30. The van der Waals surface area contributed by atoms with Gasteiger partial charge >= 0.3 is 0 Å². The average Bonchev–Trinajstić information content (AvgIpc) is 3.10. The first kappa shape index (κ1) is 23.0. The van der Waals surface area contributed by atoms with E-state index >= 15 is 0 Å². The zero-order chi connectivity index (χ0) is 23.0. The van der Waals surface area contributed by atoms with Crippen molar-refractivity contribution in [2.24, 2.45) is 5.92 Å². The molecule has 168 valence electrons. The van der Waals surface area contributed by atoms with E-state index in [2.05, 4.69) is 39.9 Å². The average molecular weight is 425 g/mol. The van der Waals surface area contributed by atoms with Gasteiger partial charge in [-0.25, -0.2) is 0 Å². The summed E-state index contributed by atoms with van der Waals surface area (Å²) in [5.74, 6) is 0.209. The van der Waals surface area contributed by atoms with Gasteiger partial charge in [-0.15, -0.1) is 0 Å². The molecule has 2 amide bonds. The first-order valence-electron chi connectivity index (χ1n) is 11.2. The number of amides is 2. The van der Waals surface area contributed by atoms with Crippen LogP contribution in [0.15, 0.2) is 30.3 Å². The molecule has 1 atom stereocenters. The van der Waals surface area contributed by atoms with Crippen molar-refractivity contribution in [3.63, 3.8) is 0 Å². The first-order valence-corrected chi connectivity index (χ1v) is 11.2. The number of nitrogens with zero attached hydrogens (tertiary/aromatic N) is 3. The summed E-state index contributed by atoms with van der Waals surface area (Å²) in [4.78, 5) is 28.7. The van der Waals surface area contributed by atoms with Gasteiger partial charge in [0.25, 0.3) is 5.91 Å². The summed E-state index contributed by atoms with van der Waals surface area (Å²) in [6.07, 6.45) is 0.898. The Morgan fingerprint density at radius 1 is 1.23 bits per heavy atom. The molecule has 3 rings (SSSR count). The van der Waals surface area contributed by atoms with E-state index in [-0.39, 0.29) is 17.2 Å². The number of carbonyl (C=O) groups excluding carboxylic acids is 2. The van der Waals surface area contributed by atoms with Gasteiger partial charge in [-0.3, -0.25) is 14.3 Å². The summed E-state index contributed by atoms with van der Waals surface area (Å²) in [6.45, 7) is 15.7. The number of aromatic nitrogens is 2. The van der Waals surface area contributed by atoms with Crippen molar-refractivity contribution in [1.82, 2.24) is 20.0 Å². The SMILES string of the molecule is Cc1ccc(CN2C(=O)c3cc(C(C)(C)C)nn3CC2(C)C(=O)NCCC(C)C)cc1. The van der Waals surface area contributed by atoms with Crippen LogP contribution in [0.1, 0.15) is 75.3 Å². The molecule has 1 aliphatic heterocycles. The van der Waals surface area contributed by atoms with Crippen LogP contribution in [0.2, 0.25) is 0 Å². The molecular weight excluding hydrogens is 388 g/mol. The van der Waals surface area contributed by atoms with Crippen molar-refractivity contribution in [3.05, 3.63) is 52.8 Å². The Balaban J connectivity index is 1.98. The fraction of sp³-hybridized carbons (Fsp3) is 0.560. The molecule has 0 aliphatic carbocycles. The van der Waals surface area contributed by atoms with Crippen molar-refractivity contribution in [2.75, 3.05) is 6.54 Å². The zero-order valence-corrected chi connectivity index (χ0v) is 20.0. The second kappa shape index (κ2) is 8.48. The summed E-state index contributed by atoms with van der Waals surface area (Å²) in [7, 11) is 0. The number of hydrogen-bond donors (Lipinski definition) is 1. The summed E-state index contributed by atoms with van der Waals surface area (Å²) in [6, 6.07) is 9.98. The molecular formula is C25H36N4O2. The van der Waals surface area contributed by atoms with E-state index < -0.39 is 5.54 Å². The highest BCUT2D eigenvalue weighted by atomic mass is 16.2. The topological polar surface area (TPSA) is 67.2 Å². The predicted octanol–water partition coefficient (Wildman–Crippen LogP) is 4.07. The zero-order valence-electron chi connectivity index (χ0n) is 20.0. The Morgan fingerprint density at radius 3 is 2.45 bits per heavy atom. The fourth-order valence-corrected chi connectivity index (χ4v) is 3.80. The third-order valence-corrected chi connectivity index (χ3v) is 6.02. The fourth-order valence-electron chi connectivity index (χ4n) is 3.80. The molecule has 0 radical (unpaired) electrons. The number of aryl methyl sites for hydroxylation is 1. The van der Waals surface area contributed by atoms with Gasteiger partial charge in [-0.2, -0.15) is 5.10 Å². The molecule has 6 nitrogen and oxygen atoms in total. The highest BCUT2D eigenvalue weighted by molar-refractivity contribution is 5.99. The Morgan fingerprint density at radius 2 is 1.87 bits per heavy atom. The molecule has 0 bridgehead atoms. The minimum Gasteiger partial charge on any atom is -0.354 e. The normalized spacial score (nSPS) is 19.0. The third kappa shape index (κ3) is 4.83. The number of carbonyl (C=O) groups is 2. The van der Waals surface area contributed by atoms with E-state index in [1.807, 2.05) is 44.2 Å². The molecule has 0 fully saturated rings. The maximum absolute atomic E-state index is 13.6. The lowest BCUT2D eigenvalue weighted by Crippen LogP contribution is -2.63. The van der Waals surface area contributed by atoms with E-state index in [1.54, 1.807) is 9.58 Å². The van der Waals surface area contributed by atoms with Crippen LogP contribution in [0.4, 0.5) is 0 Å². The Bertz CT molecular complexity index is 953. The van der Waals surface area contributed by atoms with Crippen LogP contribution in [-0.2, 0) is 23.3 Å². The summed E-state index contributed by atoms with van der Waals surface area (Å²) < 4.78 is 1.72. The molecule has 1 aliphatic rings. The molecule has 0 saturated heterocycles. The molecule has 1 unspecified atom stereocenters. The van der Waals surface area contributed by atoms with Crippen molar-refractivity contribution < 1.29 is 9.59 Å². The van der Waals surface area contributed by atoms with Gasteiger partial charge in [-0.05, 0) is 37.8 Å². The lowest BCUT2D eigenvalue weighted by molar-refractivity contribution is -0.133. The van der Waals surface area contributed by atoms with Crippen LogP contribution >= 0.6 is 0 Å². The summed E-state index contributed by atoms with van der Waals surface area (Å²) >= 11 is 0. The number of rotatable bonds is 6. The van der Waals surface area contributed by atoms with Crippen LogP contribution < -0.4 is 5.32 Å². The minimum atomic E-state index is -1.02. The molecule has 0 spiro atoms. The Labute approximate surface area is 186 Å². The standard InChI is InChI=1S/C25H36N4O2/c1-17(2)12-13-26-23(31)25(7)16-29-20(14-21(27-29)24(4,5)6)22(30)28(25)15-19-10-8-18(3)9-11-19/h8-11,14,17H,12-13,15-16H2,1-7H3,(H,26,31). The predicted molar refractivity (Wildman–Crippen MR) is 123 cm³/mol. The van der Waals surface area contributed by atoms with Crippen LogP contribution in [0, 0.1) is 12.8 Å². The maximum Gasteiger partial charge on any atom is 0.273 e. The highest BCUT2D eigenvalue weighted by Crippen LogP contribution is 2.32. The van der Waals surface area contributed by atoms with E-state index in [0.29, 0.717) is 31.2 Å². The third-order valence-electron chi connectivity index (χ3n) is 6.02. The lowest BCUT2D eigenvalue weighted by Gasteiger charge is -2.43. The van der Waals surface area contributed by atoms with Crippen LogP contribution in [-0.4, -0.2) is 38.6 Å². The van der Waals surface area contributed by atoms with E-state index in [0.717, 1.165) is 23.2 Å². The molecule has 1 aromatic carbocycles. The van der Waals surface area contributed by atoms with Gasteiger partial charge in [0.1, 0.15) is 11.2 Å². The lowest BCUT2D eigenvalue weighted by atomic mass is 9.91. The monoisotopic (exact) mass is 424 g/mol. The summed E-state index contributed by atoms with van der Waals surface area (Å²) in [5, 5.41) is 7.76. The van der Waals surface area contributed by atoms with E-state index in [1.165, 1.54) is 0 Å². The van der Waals surface area contributed by atoms with Crippen molar-refractivity contribution in [3.8, 4) is 0 Å². The molecule has 1 aromatic heterocycles. The van der Waals surface area contributed by atoms with E-state index in [4.69, 9.17) is 5.10 Å². The number of hydrogen-bond acceptors (Lipinski definition) is 3. The van der Waals surface area contributed by atoms with Crippen LogP contribution in [0.25, 0.3) is 0 Å². The van der Waals surface area contributed by atoms with E-state index in [9.17, 15) is 9.59 Å². The number of nitrogens with one attached hydrogen (secondary N) is 1. The van der Waals surface area contributed by atoms with Gasteiger partial charge in [0.15, 0.2) is 0 Å². The Hall–Kier alpha value is -2.63. The second-order valence-electron chi connectivity index (χ2n) is 10.4. The van der Waals surface area contributed by atoms with Gasteiger partial charge in [-0.1, -0.05) is 64.4 Å². The van der Waals surface area contributed by atoms with Crippen molar-refractivity contribution >= 4 is 11.8 Å². The largest absolute Gasteiger partial charge is 0.354 e. The molecule has 6 heteroatoms. The molecule has 0 saturated carbocycles. The van der Waals surface area contributed by atoms with Gasteiger partial charge < -0.3 is 10.2 Å². The van der Waals surface area contributed by atoms with Crippen LogP contribution in [0.3, 0.4) is 0 Å². The number of fused-ring (bicyclic) bond motifs is 1. The second-order valence-corrected chi connectivity index (χ2v) is 10.4. The van der Waals surface area contributed by atoms with Gasteiger partial charge in [0.05, 0.1) is 12.2 Å². The van der Waals surface area contributed by atoms with Crippen molar-refractivity contribution in [1.29, 1.82) is 0 Å². The molecule has 1 N–H and O–H groups in total. The molecule has 2 heterocycles.